The zero-order chi connectivity index (χ0) is 13.2. The largest absolute Gasteiger partial charge is 0.309 e. The number of hydrogen-bond acceptors (Lipinski definition) is 2. The van der Waals surface area contributed by atoms with E-state index in [9.17, 15) is 0 Å². The van der Waals surface area contributed by atoms with E-state index in [0.29, 0.717) is 11.5 Å². The predicted molar refractivity (Wildman–Crippen MR) is 81.4 cm³/mol. The van der Waals surface area contributed by atoms with Gasteiger partial charge in [0.25, 0.3) is 0 Å². The average Bonchev–Trinajstić information content (AvgIpc) is 2.87. The van der Waals surface area contributed by atoms with Gasteiger partial charge in [0.1, 0.15) is 0 Å². The Bertz CT molecular complexity index is 388. The summed E-state index contributed by atoms with van der Waals surface area (Å²) in [5, 5.41) is 3.83. The lowest BCUT2D eigenvalue weighted by atomic mass is 9.77. The Labute approximate surface area is 116 Å². The van der Waals surface area contributed by atoms with E-state index in [4.69, 9.17) is 0 Å². The van der Waals surface area contributed by atoms with E-state index in [1.54, 1.807) is 5.56 Å². The molecule has 1 fully saturated rings. The second-order valence-electron chi connectivity index (χ2n) is 6.12. The molecule has 2 heteroatoms. The van der Waals surface area contributed by atoms with E-state index < -0.39 is 0 Å². The maximum absolute atomic E-state index is 3.83. The number of nitrogens with one attached hydrogen (secondary N) is 1. The van der Waals surface area contributed by atoms with Crippen LogP contribution < -0.4 is 5.32 Å². The van der Waals surface area contributed by atoms with Gasteiger partial charge < -0.3 is 5.32 Å². The summed E-state index contributed by atoms with van der Waals surface area (Å²) in [6.45, 7) is 10.4. The van der Waals surface area contributed by atoms with Crippen molar-refractivity contribution in [2.24, 2.45) is 5.41 Å². The van der Waals surface area contributed by atoms with Crippen molar-refractivity contribution in [1.82, 2.24) is 5.32 Å². The summed E-state index contributed by atoms with van der Waals surface area (Å²) < 4.78 is 0. The van der Waals surface area contributed by atoms with Crippen molar-refractivity contribution in [2.45, 2.75) is 65.8 Å². The molecule has 0 bridgehead atoms. The van der Waals surface area contributed by atoms with E-state index in [1.165, 1.54) is 41.9 Å². The molecule has 1 aliphatic rings. The highest BCUT2D eigenvalue weighted by atomic mass is 32.1. The molecule has 1 aromatic rings. The smallest absolute Gasteiger partial charge is 0.0385 e. The number of aryl methyl sites for hydroxylation is 2. The maximum Gasteiger partial charge on any atom is 0.0385 e. The third-order valence-corrected chi connectivity index (χ3v) is 5.41. The summed E-state index contributed by atoms with van der Waals surface area (Å²) in [6, 6.07) is 2.97. The minimum atomic E-state index is 0.466. The third kappa shape index (κ3) is 2.80. The van der Waals surface area contributed by atoms with Crippen molar-refractivity contribution in [3.63, 3.8) is 0 Å². The highest BCUT2D eigenvalue weighted by Crippen LogP contribution is 2.48. The highest BCUT2D eigenvalue weighted by Gasteiger charge is 2.38. The molecule has 1 N–H and O–H groups in total. The van der Waals surface area contributed by atoms with Gasteiger partial charge in [0, 0.05) is 15.8 Å². The Morgan fingerprint density at radius 1 is 1.33 bits per heavy atom. The first-order chi connectivity index (χ1) is 8.57. The van der Waals surface area contributed by atoms with Crippen LogP contribution in [-0.4, -0.2) is 6.54 Å². The summed E-state index contributed by atoms with van der Waals surface area (Å²) in [5.74, 6) is 0. The minimum Gasteiger partial charge on any atom is -0.309 e. The van der Waals surface area contributed by atoms with Crippen LogP contribution in [-0.2, 0) is 0 Å². The Morgan fingerprint density at radius 3 is 2.50 bits per heavy atom. The third-order valence-electron chi connectivity index (χ3n) is 4.43. The lowest BCUT2D eigenvalue weighted by Crippen LogP contribution is -2.35. The monoisotopic (exact) mass is 265 g/mol. The lowest BCUT2D eigenvalue weighted by Gasteiger charge is -2.35. The van der Waals surface area contributed by atoms with Crippen molar-refractivity contribution < 1.29 is 0 Å². The molecule has 0 aliphatic heterocycles. The first kappa shape index (κ1) is 14.1. The molecule has 1 atom stereocenters. The van der Waals surface area contributed by atoms with Crippen LogP contribution in [0.1, 0.15) is 67.3 Å². The van der Waals surface area contributed by atoms with Crippen LogP contribution >= 0.6 is 11.3 Å². The standard InChI is InChI=1S/C16H27NS/c1-5-10-17-15(16(4)8-6-7-9-16)14-11-12(2)18-13(14)3/h11,15,17H,5-10H2,1-4H3. The minimum absolute atomic E-state index is 0.466. The number of hydrogen-bond donors (Lipinski definition) is 1. The van der Waals surface area contributed by atoms with Gasteiger partial charge in [0.2, 0.25) is 0 Å². The van der Waals surface area contributed by atoms with Crippen LogP contribution in [0.2, 0.25) is 0 Å². The van der Waals surface area contributed by atoms with E-state index in [1.807, 2.05) is 11.3 Å². The van der Waals surface area contributed by atoms with Crippen molar-refractivity contribution in [2.75, 3.05) is 6.54 Å². The first-order valence-corrected chi connectivity index (χ1v) is 8.19. The Morgan fingerprint density at radius 2 is 2.00 bits per heavy atom. The average molecular weight is 265 g/mol. The summed E-state index contributed by atoms with van der Waals surface area (Å²) in [5.41, 5.74) is 2.03. The highest BCUT2D eigenvalue weighted by molar-refractivity contribution is 7.12. The Balaban J connectivity index is 2.27. The zero-order valence-corrected chi connectivity index (χ0v) is 13.1. The maximum atomic E-state index is 3.83. The molecular formula is C16H27NS. The van der Waals surface area contributed by atoms with E-state index in [2.05, 4.69) is 39.1 Å². The molecule has 0 saturated heterocycles. The molecule has 1 aromatic heterocycles. The molecule has 102 valence electrons. The molecule has 1 saturated carbocycles. The molecule has 0 radical (unpaired) electrons. The van der Waals surface area contributed by atoms with Crippen molar-refractivity contribution in [1.29, 1.82) is 0 Å². The topological polar surface area (TPSA) is 12.0 Å². The summed E-state index contributed by atoms with van der Waals surface area (Å²) in [4.78, 5) is 2.96. The van der Waals surface area contributed by atoms with Gasteiger partial charge in [0.15, 0.2) is 0 Å². The van der Waals surface area contributed by atoms with Gasteiger partial charge in [-0.1, -0.05) is 26.7 Å². The molecule has 0 aromatic carbocycles. The van der Waals surface area contributed by atoms with E-state index in [0.717, 1.165) is 6.54 Å². The van der Waals surface area contributed by atoms with E-state index >= 15 is 0 Å². The normalized spacial score (nSPS) is 20.2. The Kier molecular flexibility index (Phi) is 4.50. The fraction of sp³-hybridized carbons (Fsp3) is 0.750. The number of rotatable bonds is 5. The fourth-order valence-electron chi connectivity index (χ4n) is 3.43. The predicted octanol–water partition coefficient (Wildman–Crippen LogP) is 4.99. The molecule has 1 nitrogen and oxygen atoms in total. The molecule has 0 spiro atoms. The van der Waals surface area contributed by atoms with Crippen molar-refractivity contribution in [3.8, 4) is 0 Å². The SMILES string of the molecule is CCCNC(c1cc(C)sc1C)C1(C)CCCC1. The number of thiophene rings is 1. The second-order valence-corrected chi connectivity index (χ2v) is 7.58. The lowest BCUT2D eigenvalue weighted by molar-refractivity contribution is 0.223. The van der Waals surface area contributed by atoms with Crippen LogP contribution in [0.5, 0.6) is 0 Å². The van der Waals surface area contributed by atoms with Crippen LogP contribution in [0.3, 0.4) is 0 Å². The summed E-state index contributed by atoms with van der Waals surface area (Å²) in [6.07, 6.45) is 6.78. The molecule has 1 heterocycles. The van der Waals surface area contributed by atoms with Gasteiger partial charge in [-0.25, -0.2) is 0 Å². The quantitative estimate of drug-likeness (QED) is 0.791. The molecule has 2 rings (SSSR count). The molecular weight excluding hydrogens is 238 g/mol. The van der Waals surface area contributed by atoms with Crippen molar-refractivity contribution >= 4 is 11.3 Å². The first-order valence-electron chi connectivity index (χ1n) is 7.37. The molecule has 1 aliphatic carbocycles. The van der Waals surface area contributed by atoms with Gasteiger partial charge in [0.05, 0.1) is 0 Å². The van der Waals surface area contributed by atoms with Gasteiger partial charge >= 0.3 is 0 Å². The molecule has 0 amide bonds. The van der Waals surface area contributed by atoms with Crippen LogP contribution in [0.25, 0.3) is 0 Å². The van der Waals surface area contributed by atoms with Gasteiger partial charge in [-0.15, -0.1) is 11.3 Å². The van der Waals surface area contributed by atoms with Gasteiger partial charge in [-0.05, 0) is 56.7 Å². The van der Waals surface area contributed by atoms with Gasteiger partial charge in [-0.3, -0.25) is 0 Å². The van der Waals surface area contributed by atoms with Crippen LogP contribution in [0, 0.1) is 19.3 Å². The van der Waals surface area contributed by atoms with E-state index in [-0.39, 0.29) is 0 Å². The molecule has 1 unspecified atom stereocenters. The van der Waals surface area contributed by atoms with Crippen LogP contribution in [0.15, 0.2) is 6.07 Å². The van der Waals surface area contributed by atoms with Crippen molar-refractivity contribution in [3.05, 3.63) is 21.4 Å². The summed E-state index contributed by atoms with van der Waals surface area (Å²) >= 11 is 1.95. The fourth-order valence-corrected chi connectivity index (χ4v) is 4.39. The van der Waals surface area contributed by atoms with Crippen LogP contribution in [0.4, 0.5) is 0 Å². The Hall–Kier alpha value is -0.340. The zero-order valence-electron chi connectivity index (χ0n) is 12.3. The summed E-state index contributed by atoms with van der Waals surface area (Å²) in [7, 11) is 0. The molecule has 18 heavy (non-hydrogen) atoms. The second kappa shape index (κ2) is 5.75. The van der Waals surface area contributed by atoms with Gasteiger partial charge in [-0.2, -0.15) is 0 Å².